The predicted octanol–water partition coefficient (Wildman–Crippen LogP) is 1.34. The number of hydrogen-bond donors (Lipinski definition) is 0. The lowest BCUT2D eigenvalue weighted by atomic mass is 9.96. The third-order valence-corrected chi connectivity index (χ3v) is 1.91. The predicted molar refractivity (Wildman–Crippen MR) is 48.4 cm³/mol. The van der Waals surface area contributed by atoms with E-state index in [9.17, 15) is 0 Å². The first-order valence-corrected chi connectivity index (χ1v) is 3.84. The number of hydrogen-bond acceptors (Lipinski definition) is 1. The average molecular weight is 163 g/mol. The van der Waals surface area contributed by atoms with Crippen LogP contribution in [0.3, 0.4) is 0 Å². The molecule has 0 radical (unpaired) electrons. The lowest BCUT2D eigenvalue weighted by molar-refractivity contribution is 1.38. The van der Waals surface area contributed by atoms with Crippen molar-refractivity contribution in [1.29, 1.82) is 5.26 Å². The molecule has 0 aliphatic heterocycles. The molecule has 0 heterocycles. The summed E-state index contributed by atoms with van der Waals surface area (Å²) in [5, 5.41) is 9.20. The van der Waals surface area contributed by atoms with E-state index in [1.165, 1.54) is 0 Å². The van der Waals surface area contributed by atoms with Crippen molar-refractivity contribution in [3.63, 3.8) is 0 Å². The molecule has 0 aromatic heterocycles. The van der Waals surface area contributed by atoms with Crippen molar-refractivity contribution < 1.29 is 0 Å². The van der Waals surface area contributed by atoms with Gasteiger partial charge in [-0.1, -0.05) is 24.0 Å². The molecule has 0 bridgehead atoms. The molecular formula is C8H7BClN. The molecule has 0 aliphatic carbocycles. The van der Waals surface area contributed by atoms with Crippen LogP contribution in [0.4, 0.5) is 0 Å². The number of halogens is 1. The first-order chi connectivity index (χ1) is 5.27. The zero-order chi connectivity index (χ0) is 8.27. The summed E-state index contributed by atoms with van der Waals surface area (Å²) in [7, 11) is 2.03. The second kappa shape index (κ2) is 3.45. The SMILES string of the molecule is BCc1ccc(C#N)cc1Cl. The summed E-state index contributed by atoms with van der Waals surface area (Å²) in [6, 6.07) is 7.40. The van der Waals surface area contributed by atoms with Gasteiger partial charge in [-0.2, -0.15) is 5.26 Å². The van der Waals surface area contributed by atoms with E-state index in [1.54, 1.807) is 12.1 Å². The summed E-state index contributed by atoms with van der Waals surface area (Å²) >= 11 is 5.86. The Labute approximate surface area is 72.0 Å². The largest absolute Gasteiger partial charge is 0.192 e. The maximum absolute atomic E-state index is 8.52. The van der Waals surface area contributed by atoms with E-state index < -0.39 is 0 Å². The molecule has 0 N–H and O–H groups in total. The fourth-order valence-electron chi connectivity index (χ4n) is 0.904. The number of nitriles is 1. The molecule has 1 aromatic rings. The Balaban J connectivity index is 3.12. The van der Waals surface area contributed by atoms with Crippen molar-refractivity contribution >= 4 is 19.4 Å². The van der Waals surface area contributed by atoms with Gasteiger partial charge in [-0.05, 0) is 17.7 Å². The van der Waals surface area contributed by atoms with E-state index in [1.807, 2.05) is 20.0 Å². The van der Waals surface area contributed by atoms with E-state index in [4.69, 9.17) is 16.9 Å². The highest BCUT2D eigenvalue weighted by atomic mass is 35.5. The first-order valence-electron chi connectivity index (χ1n) is 3.46. The zero-order valence-electron chi connectivity index (χ0n) is 6.26. The molecule has 0 unspecified atom stereocenters. The molecule has 54 valence electrons. The maximum atomic E-state index is 8.52. The Morgan fingerprint density at radius 3 is 2.73 bits per heavy atom. The van der Waals surface area contributed by atoms with Gasteiger partial charge < -0.3 is 0 Å². The van der Waals surface area contributed by atoms with Crippen LogP contribution in [0, 0.1) is 11.3 Å². The summed E-state index contributed by atoms with van der Waals surface area (Å²) in [6.45, 7) is 0. The van der Waals surface area contributed by atoms with Crippen LogP contribution in [0.5, 0.6) is 0 Å². The van der Waals surface area contributed by atoms with Crippen LogP contribution < -0.4 is 0 Å². The van der Waals surface area contributed by atoms with Crippen molar-refractivity contribution in [2.75, 3.05) is 0 Å². The molecule has 0 atom stereocenters. The molecule has 0 spiro atoms. The van der Waals surface area contributed by atoms with Crippen molar-refractivity contribution in [2.45, 2.75) is 6.32 Å². The minimum Gasteiger partial charge on any atom is -0.192 e. The number of nitrogens with zero attached hydrogens (tertiary/aromatic N) is 1. The van der Waals surface area contributed by atoms with Crippen LogP contribution in [-0.4, -0.2) is 7.85 Å². The molecule has 0 saturated heterocycles. The quantitative estimate of drug-likeness (QED) is 0.573. The Bertz CT molecular complexity index is 303. The first kappa shape index (κ1) is 8.16. The maximum Gasteiger partial charge on any atom is 0.107 e. The van der Waals surface area contributed by atoms with Gasteiger partial charge in [0.2, 0.25) is 0 Å². The minimum absolute atomic E-state index is 0.618. The highest BCUT2D eigenvalue weighted by Gasteiger charge is 1.97. The van der Waals surface area contributed by atoms with Crippen LogP contribution in [-0.2, 0) is 6.32 Å². The zero-order valence-corrected chi connectivity index (χ0v) is 7.02. The smallest absolute Gasteiger partial charge is 0.107 e. The van der Waals surface area contributed by atoms with Gasteiger partial charge in [0.15, 0.2) is 0 Å². The standard InChI is InChI=1S/C8H7BClN/c9-4-7-2-1-6(5-11)3-8(7)10/h1-3H,4,9H2. The van der Waals surface area contributed by atoms with Crippen LogP contribution >= 0.6 is 11.6 Å². The van der Waals surface area contributed by atoms with Gasteiger partial charge in [0, 0.05) is 5.02 Å². The lowest BCUT2D eigenvalue weighted by Crippen LogP contribution is -1.85. The molecule has 1 rings (SSSR count). The third kappa shape index (κ3) is 1.75. The second-order valence-electron chi connectivity index (χ2n) is 2.27. The van der Waals surface area contributed by atoms with Crippen LogP contribution in [0.15, 0.2) is 18.2 Å². The third-order valence-electron chi connectivity index (χ3n) is 1.56. The Hall–Kier alpha value is -0.935. The fraction of sp³-hybridized carbons (Fsp3) is 0.125. The molecule has 0 fully saturated rings. The molecule has 0 aliphatic rings. The highest BCUT2D eigenvalue weighted by molar-refractivity contribution is 6.32. The van der Waals surface area contributed by atoms with Gasteiger partial charge in [0.05, 0.1) is 11.6 Å². The fourth-order valence-corrected chi connectivity index (χ4v) is 1.22. The Morgan fingerprint density at radius 1 is 1.55 bits per heavy atom. The number of rotatable bonds is 1. The van der Waals surface area contributed by atoms with Crippen LogP contribution in [0.2, 0.25) is 5.02 Å². The summed E-state index contributed by atoms with van der Waals surface area (Å²) < 4.78 is 0. The summed E-state index contributed by atoms with van der Waals surface area (Å²) in [6.07, 6.45) is 0.907. The number of benzene rings is 1. The Kier molecular flexibility index (Phi) is 2.56. The molecule has 0 saturated carbocycles. The second-order valence-corrected chi connectivity index (χ2v) is 2.68. The van der Waals surface area contributed by atoms with Gasteiger partial charge in [-0.3, -0.25) is 0 Å². The molecule has 3 heteroatoms. The van der Waals surface area contributed by atoms with Crippen molar-refractivity contribution in [3.05, 3.63) is 34.3 Å². The monoisotopic (exact) mass is 163 g/mol. The van der Waals surface area contributed by atoms with Crippen molar-refractivity contribution in [1.82, 2.24) is 0 Å². The van der Waals surface area contributed by atoms with E-state index in [2.05, 4.69) is 0 Å². The summed E-state index contributed by atoms with van der Waals surface area (Å²) in [4.78, 5) is 0. The topological polar surface area (TPSA) is 23.8 Å². The Morgan fingerprint density at radius 2 is 2.27 bits per heavy atom. The van der Waals surface area contributed by atoms with Gasteiger partial charge in [0.25, 0.3) is 0 Å². The lowest BCUT2D eigenvalue weighted by Gasteiger charge is -1.98. The van der Waals surface area contributed by atoms with Gasteiger partial charge >= 0.3 is 0 Å². The minimum atomic E-state index is 0.618. The van der Waals surface area contributed by atoms with Crippen LogP contribution in [0.25, 0.3) is 0 Å². The highest BCUT2D eigenvalue weighted by Crippen LogP contribution is 2.16. The van der Waals surface area contributed by atoms with E-state index in [-0.39, 0.29) is 0 Å². The molecule has 1 nitrogen and oxygen atoms in total. The van der Waals surface area contributed by atoms with E-state index >= 15 is 0 Å². The molecular weight excluding hydrogens is 156 g/mol. The molecule has 1 aromatic carbocycles. The van der Waals surface area contributed by atoms with E-state index in [0.717, 1.165) is 11.9 Å². The summed E-state index contributed by atoms with van der Waals surface area (Å²) in [5.74, 6) is 0. The average Bonchev–Trinajstić information content (AvgIpc) is 2.04. The van der Waals surface area contributed by atoms with E-state index in [0.29, 0.717) is 10.6 Å². The van der Waals surface area contributed by atoms with Gasteiger partial charge in [-0.15, -0.1) is 0 Å². The van der Waals surface area contributed by atoms with Gasteiger partial charge in [0.1, 0.15) is 7.85 Å². The van der Waals surface area contributed by atoms with Gasteiger partial charge in [-0.25, -0.2) is 0 Å². The molecule has 0 amide bonds. The molecule has 11 heavy (non-hydrogen) atoms. The summed E-state index contributed by atoms with van der Waals surface area (Å²) in [5.41, 5.74) is 1.71. The van der Waals surface area contributed by atoms with Crippen molar-refractivity contribution in [3.8, 4) is 6.07 Å². The van der Waals surface area contributed by atoms with Crippen molar-refractivity contribution in [2.24, 2.45) is 0 Å². The normalized spacial score (nSPS) is 9.09. The van der Waals surface area contributed by atoms with Crippen LogP contribution in [0.1, 0.15) is 11.1 Å².